The third-order valence-corrected chi connectivity index (χ3v) is 5.35. The zero-order valence-corrected chi connectivity index (χ0v) is 19.7. The Bertz CT molecular complexity index is 1160. The predicted molar refractivity (Wildman–Crippen MR) is 138 cm³/mol. The van der Waals surface area contributed by atoms with Gasteiger partial charge >= 0.3 is 0 Å². The molecule has 0 unspecified atom stereocenters. The molecule has 37 heavy (non-hydrogen) atoms. The van der Waals surface area contributed by atoms with Gasteiger partial charge in [-0.2, -0.15) is 0 Å². The van der Waals surface area contributed by atoms with Crippen molar-refractivity contribution in [2.75, 3.05) is 0 Å². The van der Waals surface area contributed by atoms with Crippen LogP contribution in [0.4, 0.5) is 0 Å². The molecule has 0 bridgehead atoms. The lowest BCUT2D eigenvalue weighted by Gasteiger charge is -2.36. The van der Waals surface area contributed by atoms with Crippen LogP contribution in [0.3, 0.4) is 0 Å². The molecule has 0 aliphatic rings. The third kappa shape index (κ3) is 6.46. The van der Waals surface area contributed by atoms with Crippen LogP contribution in [0.25, 0.3) is 0 Å². The lowest BCUT2D eigenvalue weighted by molar-refractivity contribution is 0.0588. The number of carbonyl (C=O) groups is 4. The van der Waals surface area contributed by atoms with E-state index in [1.54, 1.807) is 121 Å². The van der Waals surface area contributed by atoms with Crippen molar-refractivity contribution in [3.8, 4) is 0 Å². The van der Waals surface area contributed by atoms with E-state index in [9.17, 15) is 19.2 Å². The number of hydrogen-bond donors (Lipinski definition) is 4. The highest BCUT2D eigenvalue weighted by Crippen LogP contribution is 2.08. The molecule has 4 rings (SSSR count). The van der Waals surface area contributed by atoms with Crippen molar-refractivity contribution >= 4 is 23.6 Å². The summed E-state index contributed by atoms with van der Waals surface area (Å²) in [6.45, 7) is 0. The highest BCUT2D eigenvalue weighted by molar-refractivity contribution is 6.01. The first-order valence-corrected chi connectivity index (χ1v) is 11.5. The van der Waals surface area contributed by atoms with Gasteiger partial charge in [0.15, 0.2) is 0 Å². The van der Waals surface area contributed by atoms with E-state index in [0.717, 1.165) is 0 Å². The minimum Gasteiger partial charge on any atom is -0.294 e. The average molecular weight is 493 g/mol. The Hall–Kier alpha value is -5.24. The van der Waals surface area contributed by atoms with E-state index in [-0.39, 0.29) is 22.3 Å². The van der Waals surface area contributed by atoms with Crippen LogP contribution in [0.15, 0.2) is 121 Å². The molecule has 184 valence electrons. The fourth-order valence-electron chi connectivity index (χ4n) is 3.52. The molecule has 0 spiro atoms. The first-order chi connectivity index (χ1) is 18.0. The Morgan fingerprint density at radius 1 is 0.351 bits per heavy atom. The summed E-state index contributed by atoms with van der Waals surface area (Å²) >= 11 is 0. The molecule has 8 nitrogen and oxygen atoms in total. The van der Waals surface area contributed by atoms with Crippen LogP contribution in [-0.2, 0) is 0 Å². The summed E-state index contributed by atoms with van der Waals surface area (Å²) in [5.74, 6) is -4.77. The van der Waals surface area contributed by atoms with Crippen molar-refractivity contribution in [3.63, 3.8) is 0 Å². The van der Waals surface area contributed by atoms with Crippen LogP contribution in [0.1, 0.15) is 41.4 Å². The van der Waals surface area contributed by atoms with Crippen molar-refractivity contribution in [1.29, 1.82) is 0 Å². The maximum absolute atomic E-state index is 13.2. The molecule has 8 heteroatoms. The van der Waals surface area contributed by atoms with Gasteiger partial charge in [-0.05, 0) is 48.5 Å². The van der Waals surface area contributed by atoms with Crippen molar-refractivity contribution < 1.29 is 19.2 Å². The van der Waals surface area contributed by atoms with Crippen LogP contribution in [0.5, 0.6) is 0 Å². The summed E-state index contributed by atoms with van der Waals surface area (Å²) in [5, 5.41) is 10.5. The molecule has 0 radical (unpaired) electrons. The first kappa shape index (κ1) is 24.9. The van der Waals surface area contributed by atoms with Gasteiger partial charge in [-0.25, -0.2) is 0 Å². The molecule has 0 heterocycles. The lowest BCUT2D eigenvalue weighted by Crippen LogP contribution is -2.78. The summed E-state index contributed by atoms with van der Waals surface area (Å²) in [5.41, 5.74) is 1.01. The Labute approximate surface area is 213 Å². The SMILES string of the molecule is O=C(NC(NC(=O)c1ccccc1)(NC(=O)c1ccccc1)NC(=O)c1ccccc1)c1ccccc1. The summed E-state index contributed by atoms with van der Waals surface area (Å²) in [7, 11) is 0. The molecule has 0 atom stereocenters. The Morgan fingerprint density at radius 2 is 0.541 bits per heavy atom. The van der Waals surface area contributed by atoms with E-state index in [4.69, 9.17) is 0 Å². The van der Waals surface area contributed by atoms with Crippen molar-refractivity contribution in [2.24, 2.45) is 0 Å². The minimum atomic E-state index is -2.19. The van der Waals surface area contributed by atoms with Crippen molar-refractivity contribution in [1.82, 2.24) is 21.3 Å². The number of carbonyl (C=O) groups excluding carboxylic acids is 4. The quantitative estimate of drug-likeness (QED) is 0.282. The van der Waals surface area contributed by atoms with Gasteiger partial charge in [-0.15, -0.1) is 0 Å². The van der Waals surface area contributed by atoms with E-state index in [0.29, 0.717) is 0 Å². The molecule has 4 amide bonds. The number of rotatable bonds is 8. The van der Waals surface area contributed by atoms with E-state index < -0.39 is 29.5 Å². The van der Waals surface area contributed by atoms with E-state index in [2.05, 4.69) is 21.3 Å². The van der Waals surface area contributed by atoms with Gasteiger partial charge in [0.1, 0.15) is 0 Å². The fourth-order valence-corrected chi connectivity index (χ4v) is 3.52. The fraction of sp³-hybridized carbons (Fsp3) is 0.0345. The molecule has 4 aromatic rings. The van der Waals surface area contributed by atoms with Gasteiger partial charge in [0.2, 0.25) is 0 Å². The molecule has 4 N–H and O–H groups in total. The number of nitrogens with one attached hydrogen (secondary N) is 4. The van der Waals surface area contributed by atoms with Crippen LogP contribution in [0, 0.1) is 0 Å². The maximum Gasteiger partial charge on any atom is 0.277 e. The van der Waals surface area contributed by atoms with Crippen LogP contribution in [0.2, 0.25) is 0 Å². The molecule has 0 aliphatic heterocycles. The second kappa shape index (κ2) is 11.5. The van der Waals surface area contributed by atoms with Gasteiger partial charge in [0, 0.05) is 22.3 Å². The smallest absolute Gasteiger partial charge is 0.277 e. The molecule has 0 fully saturated rings. The Balaban J connectivity index is 1.75. The Kier molecular flexibility index (Phi) is 7.70. The summed E-state index contributed by atoms with van der Waals surface area (Å²) in [4.78, 5) is 53.0. The summed E-state index contributed by atoms with van der Waals surface area (Å²) in [6, 6.07) is 32.9. The molecule has 0 aromatic heterocycles. The van der Waals surface area contributed by atoms with Gasteiger partial charge in [-0.1, -0.05) is 72.8 Å². The first-order valence-electron chi connectivity index (χ1n) is 11.5. The van der Waals surface area contributed by atoms with Gasteiger partial charge in [0.25, 0.3) is 29.5 Å². The standard InChI is InChI=1S/C29H24N4O4/c34-25(21-13-5-1-6-14-21)30-29(31-26(35)22-15-7-2-8-16-22,32-27(36)23-17-9-3-10-18-23)33-28(37)24-19-11-4-12-20-24/h1-20H,(H,30,34)(H,31,35)(H,32,36)(H,33,37). The lowest BCUT2D eigenvalue weighted by atomic mass is 10.1. The highest BCUT2D eigenvalue weighted by atomic mass is 16.2. The second-order valence-corrected chi connectivity index (χ2v) is 8.03. The molecule has 0 aliphatic carbocycles. The third-order valence-electron chi connectivity index (χ3n) is 5.35. The number of benzene rings is 4. The normalized spacial score (nSPS) is 10.6. The predicted octanol–water partition coefficient (Wildman–Crippen LogP) is 3.32. The zero-order valence-electron chi connectivity index (χ0n) is 19.7. The average Bonchev–Trinajstić information content (AvgIpc) is 2.94. The van der Waals surface area contributed by atoms with Crippen LogP contribution >= 0.6 is 0 Å². The molecular weight excluding hydrogens is 468 g/mol. The van der Waals surface area contributed by atoms with Crippen LogP contribution in [-0.4, -0.2) is 29.5 Å². The van der Waals surface area contributed by atoms with Crippen molar-refractivity contribution in [2.45, 2.75) is 5.91 Å². The molecule has 4 aromatic carbocycles. The molecular formula is C29H24N4O4. The summed E-state index contributed by atoms with van der Waals surface area (Å²) < 4.78 is 0. The van der Waals surface area contributed by atoms with Crippen LogP contribution < -0.4 is 21.3 Å². The molecule has 0 saturated carbocycles. The number of amides is 4. The maximum atomic E-state index is 13.2. The summed E-state index contributed by atoms with van der Waals surface area (Å²) in [6.07, 6.45) is 0. The van der Waals surface area contributed by atoms with E-state index in [1.165, 1.54) is 0 Å². The number of hydrogen-bond acceptors (Lipinski definition) is 4. The highest BCUT2D eigenvalue weighted by Gasteiger charge is 2.38. The van der Waals surface area contributed by atoms with Gasteiger partial charge in [0.05, 0.1) is 0 Å². The minimum absolute atomic E-state index is 0.253. The van der Waals surface area contributed by atoms with Crippen molar-refractivity contribution in [3.05, 3.63) is 144 Å². The molecule has 0 saturated heterocycles. The van der Waals surface area contributed by atoms with Gasteiger partial charge < -0.3 is 0 Å². The van der Waals surface area contributed by atoms with E-state index in [1.807, 2.05) is 0 Å². The topological polar surface area (TPSA) is 116 Å². The van der Waals surface area contributed by atoms with E-state index >= 15 is 0 Å². The monoisotopic (exact) mass is 492 g/mol. The largest absolute Gasteiger partial charge is 0.294 e. The second-order valence-electron chi connectivity index (χ2n) is 8.03. The van der Waals surface area contributed by atoms with Gasteiger partial charge in [-0.3, -0.25) is 40.4 Å². The Morgan fingerprint density at radius 3 is 0.730 bits per heavy atom. The zero-order chi connectivity index (χ0) is 26.1.